The summed E-state index contributed by atoms with van der Waals surface area (Å²) in [6.45, 7) is 3.96. The molecule has 1 saturated carbocycles. The van der Waals surface area contributed by atoms with Gasteiger partial charge >= 0.3 is 0 Å². The Morgan fingerprint density at radius 2 is 2.31 bits per heavy atom. The number of amides is 1. The summed E-state index contributed by atoms with van der Waals surface area (Å²) in [4.78, 5) is 12.0. The second-order valence-electron chi connectivity index (χ2n) is 4.59. The third kappa shape index (κ3) is 1.89. The summed E-state index contributed by atoms with van der Waals surface area (Å²) in [6, 6.07) is 0.460. The van der Waals surface area contributed by atoms with Crippen LogP contribution in [-0.2, 0) is 0 Å². The van der Waals surface area contributed by atoms with Crippen molar-refractivity contribution in [1.82, 2.24) is 15.1 Å². The van der Waals surface area contributed by atoms with Crippen molar-refractivity contribution in [1.29, 1.82) is 0 Å². The lowest BCUT2D eigenvalue weighted by Crippen LogP contribution is -2.40. The minimum absolute atomic E-state index is 0.103. The van der Waals surface area contributed by atoms with E-state index in [0.717, 1.165) is 12.8 Å². The summed E-state index contributed by atoms with van der Waals surface area (Å²) in [5.74, 6) is -0.103. The van der Waals surface area contributed by atoms with E-state index < -0.39 is 0 Å². The largest absolute Gasteiger partial charge is 0.396 e. The number of nitrogen functional groups attached to an aromatic ring is 1. The molecule has 0 atom stereocenters. The second-order valence-corrected chi connectivity index (χ2v) is 4.59. The normalized spacial score (nSPS) is 16.2. The van der Waals surface area contributed by atoms with Gasteiger partial charge in [-0.3, -0.25) is 9.48 Å². The van der Waals surface area contributed by atoms with Crippen LogP contribution in [0.1, 0.15) is 49.6 Å². The van der Waals surface area contributed by atoms with E-state index in [1.165, 1.54) is 12.6 Å². The first kappa shape index (κ1) is 11.0. The van der Waals surface area contributed by atoms with Gasteiger partial charge in [-0.25, -0.2) is 0 Å². The highest BCUT2D eigenvalue weighted by Gasteiger charge is 2.24. The summed E-state index contributed by atoms with van der Waals surface area (Å²) < 4.78 is 1.67. The van der Waals surface area contributed by atoms with E-state index in [9.17, 15) is 4.79 Å². The highest BCUT2D eigenvalue weighted by Crippen LogP contribution is 2.20. The number of nitrogens with zero attached hydrogens (tertiary/aromatic N) is 2. The fourth-order valence-electron chi connectivity index (χ4n) is 1.81. The lowest BCUT2D eigenvalue weighted by molar-refractivity contribution is 0.0905. The van der Waals surface area contributed by atoms with E-state index in [2.05, 4.69) is 10.4 Å². The first-order valence-corrected chi connectivity index (χ1v) is 5.73. The molecule has 0 saturated heterocycles. The van der Waals surface area contributed by atoms with Gasteiger partial charge in [0.1, 0.15) is 5.69 Å². The lowest BCUT2D eigenvalue weighted by atomic mass is 9.93. The Kier molecular flexibility index (Phi) is 2.85. The van der Waals surface area contributed by atoms with Crippen LogP contribution in [0.3, 0.4) is 0 Å². The van der Waals surface area contributed by atoms with Crippen LogP contribution in [0.15, 0.2) is 6.20 Å². The molecule has 0 radical (unpaired) electrons. The van der Waals surface area contributed by atoms with Crippen molar-refractivity contribution in [2.75, 3.05) is 5.73 Å². The highest BCUT2D eigenvalue weighted by molar-refractivity contribution is 5.97. The van der Waals surface area contributed by atoms with Gasteiger partial charge in [0.15, 0.2) is 0 Å². The number of aromatic nitrogens is 2. The molecule has 1 aromatic rings. The van der Waals surface area contributed by atoms with Crippen molar-refractivity contribution < 1.29 is 4.79 Å². The van der Waals surface area contributed by atoms with Gasteiger partial charge < -0.3 is 11.1 Å². The molecule has 3 N–H and O–H groups in total. The molecule has 2 rings (SSSR count). The average Bonchev–Trinajstić information content (AvgIpc) is 2.53. The Hall–Kier alpha value is -1.52. The van der Waals surface area contributed by atoms with Gasteiger partial charge in [-0.15, -0.1) is 0 Å². The minimum Gasteiger partial charge on any atom is -0.396 e. The maximum atomic E-state index is 12.0. The molecule has 1 amide bonds. The molecule has 0 spiro atoms. The van der Waals surface area contributed by atoms with E-state index in [-0.39, 0.29) is 11.9 Å². The van der Waals surface area contributed by atoms with Crippen molar-refractivity contribution >= 4 is 11.6 Å². The number of nitrogens with two attached hydrogens (primary N) is 1. The van der Waals surface area contributed by atoms with E-state index in [1.807, 2.05) is 13.8 Å². The molecule has 5 heteroatoms. The quantitative estimate of drug-likeness (QED) is 0.810. The van der Waals surface area contributed by atoms with E-state index in [0.29, 0.717) is 17.4 Å². The van der Waals surface area contributed by atoms with Gasteiger partial charge in [-0.1, -0.05) is 0 Å². The summed E-state index contributed by atoms with van der Waals surface area (Å²) in [7, 11) is 0. The summed E-state index contributed by atoms with van der Waals surface area (Å²) in [6.07, 6.45) is 4.88. The predicted octanol–water partition coefficient (Wildman–Crippen LogP) is 1.33. The maximum Gasteiger partial charge on any atom is 0.271 e. The molecule has 1 aliphatic carbocycles. The number of nitrogens with one attached hydrogen (secondary N) is 1. The van der Waals surface area contributed by atoms with Crippen molar-refractivity contribution in [2.45, 2.75) is 45.2 Å². The smallest absolute Gasteiger partial charge is 0.271 e. The fraction of sp³-hybridized carbons (Fsp3) is 0.636. The van der Waals surface area contributed by atoms with Crippen LogP contribution in [0, 0.1) is 0 Å². The Balaban J connectivity index is 2.17. The van der Waals surface area contributed by atoms with Crippen LogP contribution >= 0.6 is 0 Å². The number of anilines is 1. The highest BCUT2D eigenvalue weighted by atomic mass is 16.2. The zero-order valence-electron chi connectivity index (χ0n) is 9.73. The third-order valence-corrected chi connectivity index (χ3v) is 2.97. The van der Waals surface area contributed by atoms with Crippen molar-refractivity contribution in [3.05, 3.63) is 11.9 Å². The van der Waals surface area contributed by atoms with Crippen molar-refractivity contribution in [3.63, 3.8) is 0 Å². The van der Waals surface area contributed by atoms with Crippen molar-refractivity contribution in [3.8, 4) is 0 Å². The van der Waals surface area contributed by atoms with Gasteiger partial charge in [0.2, 0.25) is 0 Å². The standard InChI is InChI=1S/C11H18N4O/c1-7(2)15-10(9(12)6-13-15)11(16)14-8-4-3-5-8/h6-8H,3-5,12H2,1-2H3,(H,14,16). The monoisotopic (exact) mass is 222 g/mol. The molecule has 1 fully saturated rings. The van der Waals surface area contributed by atoms with E-state index in [4.69, 9.17) is 5.73 Å². The van der Waals surface area contributed by atoms with Gasteiger partial charge in [0, 0.05) is 12.1 Å². The zero-order chi connectivity index (χ0) is 11.7. The van der Waals surface area contributed by atoms with Crippen LogP contribution < -0.4 is 11.1 Å². The molecular weight excluding hydrogens is 204 g/mol. The van der Waals surface area contributed by atoms with Gasteiger partial charge in [0.05, 0.1) is 11.9 Å². The number of carbonyl (C=O) groups excluding carboxylic acids is 1. The number of hydrogen-bond donors (Lipinski definition) is 2. The van der Waals surface area contributed by atoms with Gasteiger partial charge in [-0.2, -0.15) is 5.10 Å². The molecule has 1 heterocycles. The van der Waals surface area contributed by atoms with Crippen LogP contribution in [-0.4, -0.2) is 21.7 Å². The average molecular weight is 222 g/mol. The number of hydrogen-bond acceptors (Lipinski definition) is 3. The van der Waals surface area contributed by atoms with Crippen LogP contribution in [0.4, 0.5) is 5.69 Å². The Morgan fingerprint density at radius 1 is 1.62 bits per heavy atom. The molecular formula is C11H18N4O. The molecule has 1 aromatic heterocycles. The molecule has 0 aromatic carbocycles. The van der Waals surface area contributed by atoms with Crippen LogP contribution in [0.25, 0.3) is 0 Å². The van der Waals surface area contributed by atoms with E-state index in [1.54, 1.807) is 4.68 Å². The molecule has 88 valence electrons. The SMILES string of the molecule is CC(C)n1ncc(N)c1C(=O)NC1CCC1. The number of rotatable bonds is 3. The second kappa shape index (κ2) is 4.15. The maximum absolute atomic E-state index is 12.0. The first-order valence-electron chi connectivity index (χ1n) is 5.73. The molecule has 0 bridgehead atoms. The summed E-state index contributed by atoms with van der Waals surface area (Å²) in [5.41, 5.74) is 6.71. The Labute approximate surface area is 95.0 Å². The molecule has 1 aliphatic rings. The zero-order valence-corrected chi connectivity index (χ0v) is 9.73. The lowest BCUT2D eigenvalue weighted by Gasteiger charge is -2.26. The summed E-state index contributed by atoms with van der Waals surface area (Å²) >= 11 is 0. The van der Waals surface area contributed by atoms with E-state index >= 15 is 0 Å². The van der Waals surface area contributed by atoms with Crippen LogP contribution in [0.5, 0.6) is 0 Å². The Bertz CT molecular complexity index is 393. The van der Waals surface area contributed by atoms with Gasteiger partial charge in [-0.05, 0) is 33.1 Å². The number of carbonyl (C=O) groups is 1. The molecule has 5 nitrogen and oxygen atoms in total. The predicted molar refractivity (Wildman–Crippen MR) is 62.1 cm³/mol. The molecule has 0 unspecified atom stereocenters. The fourth-order valence-corrected chi connectivity index (χ4v) is 1.81. The Morgan fingerprint density at radius 3 is 2.81 bits per heavy atom. The molecule has 0 aliphatic heterocycles. The van der Waals surface area contributed by atoms with Crippen LogP contribution in [0.2, 0.25) is 0 Å². The minimum atomic E-state index is -0.103. The van der Waals surface area contributed by atoms with Crippen molar-refractivity contribution in [2.24, 2.45) is 0 Å². The van der Waals surface area contributed by atoms with Gasteiger partial charge in [0.25, 0.3) is 5.91 Å². The summed E-state index contributed by atoms with van der Waals surface area (Å²) in [5, 5.41) is 7.09. The third-order valence-electron chi connectivity index (χ3n) is 2.97. The molecule has 16 heavy (non-hydrogen) atoms. The first-order chi connectivity index (χ1) is 7.59. The topological polar surface area (TPSA) is 72.9 Å².